The molecule has 4 rings (SSSR count). The van der Waals surface area contributed by atoms with Crippen LogP contribution in [-0.2, 0) is 11.3 Å². The summed E-state index contributed by atoms with van der Waals surface area (Å²) in [4.78, 5) is 21.7. The Bertz CT molecular complexity index is 751. The van der Waals surface area contributed by atoms with E-state index in [-0.39, 0.29) is 11.9 Å². The lowest BCUT2D eigenvalue weighted by Gasteiger charge is -2.36. The lowest BCUT2D eigenvalue weighted by molar-refractivity contribution is 0.0612. The smallest absolute Gasteiger partial charge is 0.273 e. The quantitative estimate of drug-likeness (QED) is 0.860. The van der Waals surface area contributed by atoms with Crippen molar-refractivity contribution < 1.29 is 9.53 Å². The predicted molar refractivity (Wildman–Crippen MR) is 95.8 cm³/mol. The van der Waals surface area contributed by atoms with Crippen molar-refractivity contribution in [2.24, 2.45) is 0 Å². The monoisotopic (exact) mass is 340 g/mol. The number of hydrogen-bond acceptors (Lipinski definition) is 4. The molecule has 1 atom stereocenters. The summed E-state index contributed by atoms with van der Waals surface area (Å²) in [7, 11) is 0. The number of carbonyl (C=O) groups is 1. The van der Waals surface area contributed by atoms with Crippen LogP contribution in [0, 0.1) is 0 Å². The van der Waals surface area contributed by atoms with E-state index in [4.69, 9.17) is 4.74 Å². The largest absolute Gasteiger partial charge is 0.378 e. The average molecular weight is 340 g/mol. The van der Waals surface area contributed by atoms with Gasteiger partial charge in [0.15, 0.2) is 0 Å². The first-order valence-corrected chi connectivity index (χ1v) is 9.02. The summed E-state index contributed by atoms with van der Waals surface area (Å²) >= 11 is 0. The van der Waals surface area contributed by atoms with Crippen LogP contribution in [0.1, 0.15) is 35.6 Å². The van der Waals surface area contributed by atoms with Gasteiger partial charge < -0.3 is 19.1 Å². The Morgan fingerprint density at radius 2 is 2.08 bits per heavy atom. The average Bonchev–Trinajstić information content (AvgIpc) is 3.16. The Morgan fingerprint density at radius 1 is 1.24 bits per heavy atom. The Balaban J connectivity index is 1.58. The minimum atomic E-state index is 0.0226. The number of nitrogens with zero attached hydrogens (tertiary/aromatic N) is 4. The van der Waals surface area contributed by atoms with Gasteiger partial charge in [0.1, 0.15) is 5.69 Å². The lowest BCUT2D eigenvalue weighted by atomic mass is 10.1. The maximum atomic E-state index is 13.1. The molecule has 0 aliphatic carbocycles. The highest BCUT2D eigenvalue weighted by Gasteiger charge is 2.31. The third kappa shape index (κ3) is 3.02. The zero-order chi connectivity index (χ0) is 17.2. The van der Waals surface area contributed by atoms with Crippen LogP contribution in [0.2, 0.25) is 0 Å². The summed E-state index contributed by atoms with van der Waals surface area (Å²) in [5.74, 6) is 0.0226. The van der Waals surface area contributed by atoms with Crippen LogP contribution < -0.4 is 4.90 Å². The van der Waals surface area contributed by atoms with Crippen LogP contribution in [0.25, 0.3) is 0 Å². The fourth-order valence-electron chi connectivity index (χ4n) is 3.84. The van der Waals surface area contributed by atoms with Gasteiger partial charge in [0.05, 0.1) is 19.3 Å². The highest BCUT2D eigenvalue weighted by atomic mass is 16.5. The van der Waals surface area contributed by atoms with E-state index >= 15 is 0 Å². The van der Waals surface area contributed by atoms with Crippen molar-refractivity contribution in [3.63, 3.8) is 0 Å². The fraction of sp³-hybridized carbons (Fsp3) is 0.474. The van der Waals surface area contributed by atoms with E-state index in [0.29, 0.717) is 5.69 Å². The van der Waals surface area contributed by atoms with Gasteiger partial charge in [-0.15, -0.1) is 0 Å². The summed E-state index contributed by atoms with van der Waals surface area (Å²) in [6.45, 7) is 6.86. The molecule has 1 saturated heterocycles. The first kappa shape index (κ1) is 16.1. The molecule has 2 aliphatic heterocycles. The van der Waals surface area contributed by atoms with Gasteiger partial charge in [-0.1, -0.05) is 6.92 Å². The van der Waals surface area contributed by atoms with E-state index in [1.807, 2.05) is 17.0 Å². The molecule has 6 heteroatoms. The number of amides is 1. The zero-order valence-corrected chi connectivity index (χ0v) is 14.6. The van der Waals surface area contributed by atoms with Gasteiger partial charge in [0, 0.05) is 50.0 Å². The van der Waals surface area contributed by atoms with Crippen LogP contribution >= 0.6 is 0 Å². The van der Waals surface area contributed by atoms with Crippen molar-refractivity contribution >= 4 is 11.6 Å². The molecule has 4 heterocycles. The standard InChI is InChI=1S/C19H24N4O2/c1-2-17-18-4-3-7-22(18)8-9-23(17)19(24)16-14-15(5-6-20-16)21-10-12-25-13-11-21/h3-7,14,17H,2,8-13H2,1H3. The zero-order valence-electron chi connectivity index (χ0n) is 14.6. The molecule has 0 N–H and O–H groups in total. The molecule has 0 radical (unpaired) electrons. The summed E-state index contributed by atoms with van der Waals surface area (Å²) < 4.78 is 7.66. The second-order valence-electron chi connectivity index (χ2n) is 6.55. The molecule has 0 saturated carbocycles. The van der Waals surface area contributed by atoms with Gasteiger partial charge in [-0.05, 0) is 30.7 Å². The van der Waals surface area contributed by atoms with E-state index in [0.717, 1.165) is 51.5 Å². The van der Waals surface area contributed by atoms with Gasteiger partial charge in [-0.25, -0.2) is 0 Å². The number of fused-ring (bicyclic) bond motifs is 1. The summed E-state index contributed by atoms with van der Waals surface area (Å²) in [6, 6.07) is 8.19. The molecular formula is C19H24N4O2. The molecule has 1 fully saturated rings. The Kier molecular flexibility index (Phi) is 4.44. The van der Waals surface area contributed by atoms with Crippen LogP contribution in [0.5, 0.6) is 0 Å². The van der Waals surface area contributed by atoms with Crippen molar-refractivity contribution in [3.8, 4) is 0 Å². The number of ether oxygens (including phenoxy) is 1. The van der Waals surface area contributed by atoms with E-state index in [1.165, 1.54) is 5.69 Å². The van der Waals surface area contributed by atoms with E-state index < -0.39 is 0 Å². The molecule has 1 amide bonds. The molecule has 2 aliphatic rings. The van der Waals surface area contributed by atoms with Gasteiger partial charge in [-0.2, -0.15) is 0 Å². The first-order valence-electron chi connectivity index (χ1n) is 9.02. The molecule has 2 aromatic rings. The lowest BCUT2D eigenvalue weighted by Crippen LogP contribution is -2.42. The highest BCUT2D eigenvalue weighted by molar-refractivity contribution is 5.93. The molecule has 132 valence electrons. The number of rotatable bonds is 3. The third-order valence-corrected chi connectivity index (χ3v) is 5.15. The second-order valence-corrected chi connectivity index (χ2v) is 6.55. The minimum Gasteiger partial charge on any atom is -0.378 e. The maximum Gasteiger partial charge on any atom is 0.273 e. The number of morpholine rings is 1. The van der Waals surface area contributed by atoms with Crippen LogP contribution in [0.15, 0.2) is 36.7 Å². The Morgan fingerprint density at radius 3 is 2.88 bits per heavy atom. The van der Waals surface area contributed by atoms with Crippen LogP contribution in [0.4, 0.5) is 5.69 Å². The fourth-order valence-corrected chi connectivity index (χ4v) is 3.84. The number of hydrogen-bond donors (Lipinski definition) is 0. The van der Waals surface area contributed by atoms with Gasteiger partial charge in [0.2, 0.25) is 0 Å². The highest BCUT2D eigenvalue weighted by Crippen LogP contribution is 2.30. The van der Waals surface area contributed by atoms with Crippen molar-refractivity contribution in [2.75, 3.05) is 37.7 Å². The molecule has 2 aromatic heterocycles. The number of pyridine rings is 1. The summed E-state index contributed by atoms with van der Waals surface area (Å²) in [5.41, 5.74) is 2.80. The van der Waals surface area contributed by atoms with Crippen molar-refractivity contribution in [2.45, 2.75) is 25.9 Å². The molecular weight excluding hydrogens is 316 g/mol. The molecule has 0 spiro atoms. The second kappa shape index (κ2) is 6.88. The SMILES string of the molecule is CCC1c2cccn2CCN1C(=O)c1cc(N2CCOCC2)ccn1. The number of aromatic nitrogens is 2. The molecule has 1 unspecified atom stereocenters. The van der Waals surface area contributed by atoms with E-state index in [2.05, 4.69) is 39.7 Å². The van der Waals surface area contributed by atoms with Gasteiger partial charge >= 0.3 is 0 Å². The maximum absolute atomic E-state index is 13.1. The van der Waals surface area contributed by atoms with Gasteiger partial charge in [-0.3, -0.25) is 9.78 Å². The van der Waals surface area contributed by atoms with Crippen LogP contribution in [-0.4, -0.2) is 53.2 Å². The molecule has 6 nitrogen and oxygen atoms in total. The summed E-state index contributed by atoms with van der Waals surface area (Å²) in [6.07, 6.45) is 4.74. The summed E-state index contributed by atoms with van der Waals surface area (Å²) in [5, 5.41) is 0. The predicted octanol–water partition coefficient (Wildman–Crippen LogP) is 2.33. The third-order valence-electron chi connectivity index (χ3n) is 5.15. The topological polar surface area (TPSA) is 50.6 Å². The van der Waals surface area contributed by atoms with E-state index in [1.54, 1.807) is 6.20 Å². The molecule has 0 bridgehead atoms. The number of anilines is 1. The van der Waals surface area contributed by atoms with Crippen molar-refractivity contribution in [1.82, 2.24) is 14.5 Å². The van der Waals surface area contributed by atoms with Crippen LogP contribution in [0.3, 0.4) is 0 Å². The number of carbonyl (C=O) groups excluding carboxylic acids is 1. The Hall–Kier alpha value is -2.34. The van der Waals surface area contributed by atoms with Gasteiger partial charge in [0.25, 0.3) is 5.91 Å². The van der Waals surface area contributed by atoms with E-state index in [9.17, 15) is 4.79 Å². The van der Waals surface area contributed by atoms with Crippen molar-refractivity contribution in [1.29, 1.82) is 0 Å². The molecule has 25 heavy (non-hydrogen) atoms. The van der Waals surface area contributed by atoms with Crippen molar-refractivity contribution in [3.05, 3.63) is 48.0 Å². The normalized spacial score (nSPS) is 20.4. The molecule has 0 aromatic carbocycles. The Labute approximate surface area is 148 Å². The first-order chi connectivity index (χ1) is 12.3. The minimum absolute atomic E-state index is 0.0226.